The number of benzene rings is 3. The monoisotopic (exact) mass is 371 g/mol. The van der Waals surface area contributed by atoms with E-state index in [1.54, 1.807) is 11.8 Å². The molecule has 5 nitrogen and oxygen atoms in total. The smallest absolute Gasteiger partial charge is 0.222 e. The minimum atomic E-state index is 0.199. The van der Waals surface area contributed by atoms with E-state index in [4.69, 9.17) is 11.5 Å². The average molecular weight is 371 g/mol. The Morgan fingerprint density at radius 1 is 0.889 bits per heavy atom. The Kier molecular flexibility index (Phi) is 3.65. The SMILES string of the molecule is Nc1nc(N)c2cc(Cc3cccc4c3Nc3ccccc3S4)ccc2n1. The number of nitrogens with two attached hydrogens (primary N) is 2. The summed E-state index contributed by atoms with van der Waals surface area (Å²) in [6, 6.07) is 20.9. The number of hydrogen-bond acceptors (Lipinski definition) is 6. The number of anilines is 4. The summed E-state index contributed by atoms with van der Waals surface area (Å²) in [6.07, 6.45) is 0.790. The van der Waals surface area contributed by atoms with E-state index in [1.807, 2.05) is 12.1 Å². The van der Waals surface area contributed by atoms with Crippen molar-refractivity contribution in [2.24, 2.45) is 0 Å². The molecule has 0 radical (unpaired) electrons. The van der Waals surface area contributed by atoms with Gasteiger partial charge in [-0.25, -0.2) is 4.98 Å². The predicted molar refractivity (Wildman–Crippen MR) is 111 cm³/mol. The second-order valence-electron chi connectivity index (χ2n) is 6.51. The number of fused-ring (bicyclic) bond motifs is 3. The summed E-state index contributed by atoms with van der Waals surface area (Å²) in [4.78, 5) is 10.8. The molecule has 0 spiro atoms. The minimum absolute atomic E-state index is 0.199. The summed E-state index contributed by atoms with van der Waals surface area (Å²) in [7, 11) is 0. The highest BCUT2D eigenvalue weighted by atomic mass is 32.2. The summed E-state index contributed by atoms with van der Waals surface area (Å²) in [6.45, 7) is 0. The zero-order valence-corrected chi connectivity index (χ0v) is 15.3. The van der Waals surface area contributed by atoms with Gasteiger partial charge < -0.3 is 16.8 Å². The van der Waals surface area contributed by atoms with Gasteiger partial charge in [-0.05, 0) is 47.9 Å². The molecular weight excluding hydrogens is 354 g/mol. The average Bonchev–Trinajstić information content (AvgIpc) is 2.67. The first-order chi connectivity index (χ1) is 13.2. The zero-order chi connectivity index (χ0) is 18.4. The number of para-hydroxylation sites is 2. The number of hydrogen-bond donors (Lipinski definition) is 3. The Morgan fingerprint density at radius 3 is 2.67 bits per heavy atom. The van der Waals surface area contributed by atoms with Gasteiger partial charge in [0, 0.05) is 15.2 Å². The lowest BCUT2D eigenvalue weighted by molar-refractivity contribution is 1.16. The number of nitrogens with one attached hydrogen (secondary N) is 1. The molecule has 5 rings (SSSR count). The maximum atomic E-state index is 6.04. The third kappa shape index (κ3) is 2.84. The van der Waals surface area contributed by atoms with Gasteiger partial charge in [-0.3, -0.25) is 0 Å². The Morgan fingerprint density at radius 2 is 1.74 bits per heavy atom. The summed E-state index contributed by atoms with van der Waals surface area (Å²) in [5, 5.41) is 4.43. The van der Waals surface area contributed by atoms with Crippen molar-refractivity contribution in [1.82, 2.24) is 9.97 Å². The number of aromatic nitrogens is 2. The van der Waals surface area contributed by atoms with Crippen LogP contribution in [0.5, 0.6) is 0 Å². The highest BCUT2D eigenvalue weighted by Crippen LogP contribution is 2.45. The van der Waals surface area contributed by atoms with E-state index < -0.39 is 0 Å². The third-order valence-corrected chi connectivity index (χ3v) is 5.82. The molecule has 27 heavy (non-hydrogen) atoms. The quantitative estimate of drug-likeness (QED) is 0.420. The molecule has 2 heterocycles. The van der Waals surface area contributed by atoms with E-state index in [2.05, 4.69) is 63.8 Å². The van der Waals surface area contributed by atoms with Gasteiger partial charge in [0.25, 0.3) is 0 Å². The predicted octanol–water partition coefficient (Wildman–Crippen LogP) is 4.59. The van der Waals surface area contributed by atoms with E-state index in [0.29, 0.717) is 5.82 Å². The largest absolute Gasteiger partial charge is 0.383 e. The van der Waals surface area contributed by atoms with Gasteiger partial charge in [0.15, 0.2) is 0 Å². The van der Waals surface area contributed by atoms with Crippen molar-refractivity contribution in [3.8, 4) is 0 Å². The van der Waals surface area contributed by atoms with Crippen molar-refractivity contribution in [2.75, 3.05) is 16.8 Å². The summed E-state index contributed by atoms with van der Waals surface area (Å²) in [5.74, 6) is 0.613. The molecule has 0 bridgehead atoms. The van der Waals surface area contributed by atoms with Gasteiger partial charge >= 0.3 is 0 Å². The first-order valence-electron chi connectivity index (χ1n) is 8.65. The maximum absolute atomic E-state index is 6.04. The van der Waals surface area contributed by atoms with Crippen molar-refractivity contribution in [3.63, 3.8) is 0 Å². The highest BCUT2D eigenvalue weighted by molar-refractivity contribution is 7.99. The zero-order valence-electron chi connectivity index (χ0n) is 14.4. The molecule has 0 atom stereocenters. The van der Waals surface area contributed by atoms with E-state index >= 15 is 0 Å². The van der Waals surface area contributed by atoms with Crippen molar-refractivity contribution >= 4 is 45.8 Å². The van der Waals surface area contributed by atoms with Crippen LogP contribution in [0.3, 0.4) is 0 Å². The second kappa shape index (κ2) is 6.17. The fourth-order valence-corrected chi connectivity index (χ4v) is 4.45. The van der Waals surface area contributed by atoms with Crippen LogP contribution in [0.15, 0.2) is 70.5 Å². The van der Waals surface area contributed by atoms with Gasteiger partial charge in [0.05, 0.1) is 16.9 Å². The van der Waals surface area contributed by atoms with Crippen LogP contribution in [-0.2, 0) is 6.42 Å². The summed E-state index contributed by atoms with van der Waals surface area (Å²) < 4.78 is 0. The molecule has 0 unspecified atom stereocenters. The number of nitrogen functional groups attached to an aromatic ring is 2. The fraction of sp³-hybridized carbons (Fsp3) is 0.0476. The van der Waals surface area contributed by atoms with Crippen LogP contribution < -0.4 is 16.8 Å². The lowest BCUT2D eigenvalue weighted by atomic mass is 10.0. The Labute approximate surface area is 160 Å². The van der Waals surface area contributed by atoms with Crippen molar-refractivity contribution in [1.29, 1.82) is 0 Å². The van der Waals surface area contributed by atoms with E-state index in [-0.39, 0.29) is 5.95 Å². The van der Waals surface area contributed by atoms with Gasteiger partial charge in [-0.15, -0.1) is 0 Å². The standard InChI is InChI=1S/C21H17N5S/c22-20-14-11-12(8-9-15(14)25-21(23)26-20)10-13-4-3-7-18-19(13)24-16-5-1-2-6-17(16)27-18/h1-9,11,24H,10H2,(H4,22,23,25,26). The molecule has 0 amide bonds. The lowest BCUT2D eigenvalue weighted by Gasteiger charge is -2.23. The van der Waals surface area contributed by atoms with Gasteiger partial charge in [0.2, 0.25) is 5.95 Å². The number of nitrogens with zero attached hydrogens (tertiary/aromatic N) is 2. The van der Waals surface area contributed by atoms with Crippen LogP contribution >= 0.6 is 11.8 Å². The van der Waals surface area contributed by atoms with E-state index in [9.17, 15) is 0 Å². The second-order valence-corrected chi connectivity index (χ2v) is 7.59. The molecule has 1 aliphatic rings. The van der Waals surface area contributed by atoms with Crippen LogP contribution in [0, 0.1) is 0 Å². The third-order valence-electron chi connectivity index (χ3n) is 4.68. The molecule has 1 aromatic heterocycles. The van der Waals surface area contributed by atoms with Gasteiger partial charge in [-0.1, -0.05) is 42.1 Å². The fourth-order valence-electron chi connectivity index (χ4n) is 3.41. The Balaban J connectivity index is 1.53. The Bertz CT molecular complexity index is 1190. The molecule has 6 heteroatoms. The normalized spacial score (nSPS) is 12.3. The Hall–Kier alpha value is -3.25. The highest BCUT2D eigenvalue weighted by Gasteiger charge is 2.18. The van der Waals surface area contributed by atoms with Gasteiger partial charge in [-0.2, -0.15) is 4.98 Å². The first kappa shape index (κ1) is 16.0. The molecule has 0 fully saturated rings. The van der Waals surface area contributed by atoms with Crippen molar-refractivity contribution in [2.45, 2.75) is 16.2 Å². The first-order valence-corrected chi connectivity index (χ1v) is 9.46. The molecule has 132 valence electrons. The molecule has 0 saturated heterocycles. The van der Waals surface area contributed by atoms with E-state index in [0.717, 1.165) is 28.6 Å². The van der Waals surface area contributed by atoms with Crippen molar-refractivity contribution < 1.29 is 0 Å². The van der Waals surface area contributed by atoms with Crippen LogP contribution in [0.25, 0.3) is 10.9 Å². The molecule has 0 saturated carbocycles. The van der Waals surface area contributed by atoms with Crippen LogP contribution in [0.1, 0.15) is 11.1 Å². The molecule has 0 aliphatic carbocycles. The van der Waals surface area contributed by atoms with Gasteiger partial charge in [0.1, 0.15) is 5.82 Å². The lowest BCUT2D eigenvalue weighted by Crippen LogP contribution is -2.04. The number of rotatable bonds is 2. The topological polar surface area (TPSA) is 89.8 Å². The summed E-state index contributed by atoms with van der Waals surface area (Å²) in [5.41, 5.74) is 17.2. The van der Waals surface area contributed by atoms with Crippen molar-refractivity contribution in [3.05, 3.63) is 71.8 Å². The van der Waals surface area contributed by atoms with Crippen LogP contribution in [0.4, 0.5) is 23.1 Å². The van der Waals surface area contributed by atoms with Crippen LogP contribution in [0.2, 0.25) is 0 Å². The molecule has 5 N–H and O–H groups in total. The molecular formula is C21H17N5S. The van der Waals surface area contributed by atoms with Crippen LogP contribution in [-0.4, -0.2) is 9.97 Å². The summed E-state index contributed by atoms with van der Waals surface area (Å²) >= 11 is 1.80. The molecule has 4 aromatic rings. The maximum Gasteiger partial charge on any atom is 0.222 e. The molecule has 1 aliphatic heterocycles. The molecule has 3 aromatic carbocycles. The van der Waals surface area contributed by atoms with E-state index in [1.165, 1.54) is 21.0 Å². The minimum Gasteiger partial charge on any atom is -0.383 e.